The van der Waals surface area contributed by atoms with E-state index in [4.69, 9.17) is 0 Å². The molecule has 1 aromatic rings. The fourth-order valence-electron chi connectivity index (χ4n) is 2.52. The first-order valence-electron chi connectivity index (χ1n) is 6.31. The Labute approximate surface area is 110 Å². The van der Waals surface area contributed by atoms with Crippen molar-refractivity contribution in [3.05, 3.63) is 29.8 Å². The number of anilines is 1. The van der Waals surface area contributed by atoms with Gasteiger partial charge in [0.15, 0.2) is 0 Å². The maximum absolute atomic E-state index is 12.9. The summed E-state index contributed by atoms with van der Waals surface area (Å²) in [6, 6.07) is 5.61. The van der Waals surface area contributed by atoms with Gasteiger partial charge in [-0.2, -0.15) is 13.2 Å². The van der Waals surface area contributed by atoms with Crippen LogP contribution < -0.4 is 4.90 Å². The largest absolute Gasteiger partial charge is 0.418 e. The van der Waals surface area contributed by atoms with Gasteiger partial charge in [0.05, 0.1) is 5.56 Å². The Hall–Kier alpha value is -1.52. The molecule has 0 aromatic heterocycles. The van der Waals surface area contributed by atoms with E-state index in [1.54, 1.807) is 17.9 Å². The highest BCUT2D eigenvalue weighted by Crippen LogP contribution is 2.37. The van der Waals surface area contributed by atoms with E-state index in [0.29, 0.717) is 25.9 Å². The molecule has 1 saturated heterocycles. The number of hydrogen-bond acceptors (Lipinski definition) is 2. The molecule has 1 aromatic carbocycles. The number of Topliss-reactive ketones (excluding diaryl/α,β-unsaturated/α-hetero) is 1. The van der Waals surface area contributed by atoms with Crippen LogP contribution in [0.4, 0.5) is 18.9 Å². The third-order valence-corrected chi connectivity index (χ3v) is 3.62. The average molecular weight is 271 g/mol. The molecule has 5 heteroatoms. The molecule has 0 unspecified atom stereocenters. The number of nitrogens with zero attached hydrogens (tertiary/aromatic N) is 1. The second-order valence-corrected chi connectivity index (χ2v) is 4.89. The van der Waals surface area contributed by atoms with E-state index in [2.05, 4.69) is 0 Å². The smallest absolute Gasteiger partial charge is 0.371 e. The average Bonchev–Trinajstić information content (AvgIpc) is 2.38. The number of carbonyl (C=O) groups excluding carboxylic acids is 1. The van der Waals surface area contributed by atoms with Gasteiger partial charge in [-0.1, -0.05) is 12.1 Å². The Morgan fingerprint density at radius 2 is 1.79 bits per heavy atom. The third kappa shape index (κ3) is 3.08. The quantitative estimate of drug-likeness (QED) is 0.820. The molecule has 19 heavy (non-hydrogen) atoms. The summed E-state index contributed by atoms with van der Waals surface area (Å²) in [7, 11) is 0. The van der Waals surface area contributed by atoms with E-state index in [-0.39, 0.29) is 17.4 Å². The minimum Gasteiger partial charge on any atom is -0.371 e. The molecule has 104 valence electrons. The monoisotopic (exact) mass is 271 g/mol. The van der Waals surface area contributed by atoms with Crippen LogP contribution in [0.3, 0.4) is 0 Å². The van der Waals surface area contributed by atoms with E-state index in [0.717, 1.165) is 6.07 Å². The number of benzene rings is 1. The summed E-state index contributed by atoms with van der Waals surface area (Å²) < 4.78 is 38.8. The normalized spacial score (nSPS) is 17.6. The molecular weight excluding hydrogens is 255 g/mol. The first-order valence-corrected chi connectivity index (χ1v) is 6.31. The van der Waals surface area contributed by atoms with E-state index in [1.807, 2.05) is 0 Å². The first-order chi connectivity index (χ1) is 8.89. The lowest BCUT2D eigenvalue weighted by Crippen LogP contribution is -2.36. The van der Waals surface area contributed by atoms with Crippen molar-refractivity contribution in [3.8, 4) is 0 Å². The highest BCUT2D eigenvalue weighted by Gasteiger charge is 2.35. The lowest BCUT2D eigenvalue weighted by Gasteiger charge is -2.34. The van der Waals surface area contributed by atoms with Gasteiger partial charge in [-0.05, 0) is 31.9 Å². The highest BCUT2D eigenvalue weighted by molar-refractivity contribution is 5.78. The van der Waals surface area contributed by atoms with Crippen LogP contribution in [0, 0.1) is 5.92 Å². The Morgan fingerprint density at radius 1 is 1.21 bits per heavy atom. The summed E-state index contributed by atoms with van der Waals surface area (Å²) in [5.41, 5.74) is -0.381. The molecule has 2 nitrogen and oxygen atoms in total. The van der Waals surface area contributed by atoms with Gasteiger partial charge in [0, 0.05) is 24.7 Å². The van der Waals surface area contributed by atoms with E-state index in [1.165, 1.54) is 12.1 Å². The van der Waals surface area contributed by atoms with E-state index in [9.17, 15) is 18.0 Å². The zero-order valence-electron chi connectivity index (χ0n) is 10.7. The number of alkyl halides is 3. The van der Waals surface area contributed by atoms with Crippen molar-refractivity contribution in [2.24, 2.45) is 5.92 Å². The SMILES string of the molecule is CC(=O)C1CCN(c2ccccc2C(F)(F)F)CC1. The zero-order valence-corrected chi connectivity index (χ0v) is 10.7. The molecule has 0 spiro atoms. The Balaban J connectivity index is 2.18. The molecular formula is C14H16F3NO. The van der Waals surface area contributed by atoms with Gasteiger partial charge in [0.1, 0.15) is 5.78 Å². The van der Waals surface area contributed by atoms with Crippen LogP contribution in [0.5, 0.6) is 0 Å². The number of carbonyl (C=O) groups is 1. The molecule has 0 N–H and O–H groups in total. The van der Waals surface area contributed by atoms with E-state index >= 15 is 0 Å². The Morgan fingerprint density at radius 3 is 2.32 bits per heavy atom. The first kappa shape index (κ1) is 13.9. The minimum absolute atomic E-state index is 0.00528. The Kier molecular flexibility index (Phi) is 3.83. The predicted octanol–water partition coefficient (Wildman–Crippen LogP) is 3.51. The highest BCUT2D eigenvalue weighted by atomic mass is 19.4. The van der Waals surface area contributed by atoms with Crippen molar-refractivity contribution in [2.75, 3.05) is 18.0 Å². The summed E-state index contributed by atoms with van der Waals surface area (Å²) in [5, 5.41) is 0. The summed E-state index contributed by atoms with van der Waals surface area (Å²) in [6.07, 6.45) is -3.09. The molecule has 0 aliphatic carbocycles. The van der Waals surface area contributed by atoms with Crippen LogP contribution in [0.1, 0.15) is 25.3 Å². The van der Waals surface area contributed by atoms with Crippen molar-refractivity contribution in [2.45, 2.75) is 25.9 Å². The molecule has 0 saturated carbocycles. The number of ketones is 1. The van der Waals surface area contributed by atoms with Crippen LogP contribution in [0.2, 0.25) is 0 Å². The van der Waals surface area contributed by atoms with Crippen LogP contribution in [0.15, 0.2) is 24.3 Å². The summed E-state index contributed by atoms with van der Waals surface area (Å²) >= 11 is 0. The van der Waals surface area contributed by atoms with Crippen LogP contribution in [-0.2, 0) is 11.0 Å². The number of para-hydroxylation sites is 1. The standard InChI is InChI=1S/C14H16F3NO/c1-10(19)11-6-8-18(9-7-11)13-5-3-2-4-12(13)14(15,16)17/h2-5,11H,6-9H2,1H3. The molecule has 0 amide bonds. The van der Waals surface area contributed by atoms with E-state index < -0.39 is 11.7 Å². The third-order valence-electron chi connectivity index (χ3n) is 3.62. The molecule has 1 aliphatic heterocycles. The van der Waals surface area contributed by atoms with Crippen molar-refractivity contribution in [3.63, 3.8) is 0 Å². The minimum atomic E-state index is -4.34. The van der Waals surface area contributed by atoms with Crippen LogP contribution >= 0.6 is 0 Å². The molecule has 1 heterocycles. The summed E-state index contributed by atoms with van der Waals surface area (Å²) in [6.45, 7) is 2.54. The van der Waals surface area contributed by atoms with Gasteiger partial charge in [-0.3, -0.25) is 4.79 Å². The number of piperidine rings is 1. The van der Waals surface area contributed by atoms with Crippen LogP contribution in [-0.4, -0.2) is 18.9 Å². The number of halogens is 3. The molecule has 1 aliphatic rings. The molecule has 2 rings (SSSR count). The van der Waals surface area contributed by atoms with Gasteiger partial charge in [-0.25, -0.2) is 0 Å². The maximum atomic E-state index is 12.9. The summed E-state index contributed by atoms with van der Waals surface area (Å²) in [5.74, 6) is 0.123. The van der Waals surface area contributed by atoms with Gasteiger partial charge >= 0.3 is 6.18 Å². The Bertz CT molecular complexity index is 462. The lowest BCUT2D eigenvalue weighted by molar-refractivity contribution is -0.137. The number of hydrogen-bond donors (Lipinski definition) is 0. The second-order valence-electron chi connectivity index (χ2n) is 4.89. The van der Waals surface area contributed by atoms with Crippen molar-refractivity contribution < 1.29 is 18.0 Å². The fourth-order valence-corrected chi connectivity index (χ4v) is 2.52. The van der Waals surface area contributed by atoms with Gasteiger partial charge in [0.2, 0.25) is 0 Å². The van der Waals surface area contributed by atoms with Gasteiger partial charge in [0.25, 0.3) is 0 Å². The molecule has 0 atom stereocenters. The predicted molar refractivity (Wildman–Crippen MR) is 67.1 cm³/mol. The maximum Gasteiger partial charge on any atom is 0.418 e. The van der Waals surface area contributed by atoms with Crippen LogP contribution in [0.25, 0.3) is 0 Å². The lowest BCUT2D eigenvalue weighted by atomic mass is 9.93. The van der Waals surface area contributed by atoms with Gasteiger partial charge < -0.3 is 4.90 Å². The topological polar surface area (TPSA) is 20.3 Å². The van der Waals surface area contributed by atoms with Crippen molar-refractivity contribution in [1.29, 1.82) is 0 Å². The van der Waals surface area contributed by atoms with Crippen molar-refractivity contribution in [1.82, 2.24) is 0 Å². The van der Waals surface area contributed by atoms with Gasteiger partial charge in [-0.15, -0.1) is 0 Å². The molecule has 0 radical (unpaired) electrons. The molecule has 1 fully saturated rings. The zero-order chi connectivity index (χ0) is 14.0. The van der Waals surface area contributed by atoms with Crippen molar-refractivity contribution >= 4 is 11.5 Å². The fraction of sp³-hybridized carbons (Fsp3) is 0.500. The number of rotatable bonds is 2. The molecule has 0 bridgehead atoms. The summed E-state index contributed by atoms with van der Waals surface area (Å²) in [4.78, 5) is 13.0. The second kappa shape index (κ2) is 5.23.